The molecule has 2 aromatic carbocycles. The maximum Gasteiger partial charge on any atom is 0.277 e. The second-order valence-electron chi connectivity index (χ2n) is 8.93. The van der Waals surface area contributed by atoms with Crippen molar-refractivity contribution in [2.75, 3.05) is 32.7 Å². The molecule has 2 aromatic rings. The quantitative estimate of drug-likeness (QED) is 0.577. The van der Waals surface area contributed by atoms with E-state index in [-0.39, 0.29) is 17.9 Å². The van der Waals surface area contributed by atoms with Crippen molar-refractivity contribution in [3.63, 3.8) is 0 Å². The van der Waals surface area contributed by atoms with Gasteiger partial charge < -0.3 is 9.64 Å². The molecule has 0 spiro atoms. The van der Waals surface area contributed by atoms with E-state index >= 15 is 0 Å². The van der Waals surface area contributed by atoms with Crippen molar-refractivity contribution >= 4 is 17.4 Å². The van der Waals surface area contributed by atoms with Gasteiger partial charge in [-0.1, -0.05) is 49.4 Å². The van der Waals surface area contributed by atoms with Crippen molar-refractivity contribution in [2.24, 2.45) is 0 Å². The molecule has 1 saturated heterocycles. The Morgan fingerprint density at radius 3 is 2.15 bits per heavy atom. The summed E-state index contributed by atoms with van der Waals surface area (Å²) in [6, 6.07) is 18.0. The SMILES string of the molecule is CCCN1C(=O)C(c2ccc(OC(C)C)cc2)=C(N2CCN(Cc3ccccc3)CC2)C1=O. The largest absolute Gasteiger partial charge is 0.491 e. The van der Waals surface area contributed by atoms with Crippen molar-refractivity contribution in [1.29, 1.82) is 0 Å². The van der Waals surface area contributed by atoms with Gasteiger partial charge in [0.25, 0.3) is 11.8 Å². The van der Waals surface area contributed by atoms with Crippen molar-refractivity contribution < 1.29 is 14.3 Å². The first-order valence-electron chi connectivity index (χ1n) is 11.9. The number of rotatable bonds is 8. The van der Waals surface area contributed by atoms with Crippen LogP contribution in [0.25, 0.3) is 5.57 Å². The Morgan fingerprint density at radius 2 is 1.55 bits per heavy atom. The fraction of sp³-hybridized carbons (Fsp3) is 0.407. The van der Waals surface area contributed by atoms with Gasteiger partial charge in [0.2, 0.25) is 0 Å². The predicted molar refractivity (Wildman–Crippen MR) is 129 cm³/mol. The molecule has 174 valence electrons. The molecule has 0 saturated carbocycles. The Kier molecular flexibility index (Phi) is 7.14. The van der Waals surface area contributed by atoms with Crippen LogP contribution in [0.2, 0.25) is 0 Å². The fourth-order valence-electron chi connectivity index (χ4n) is 4.49. The third kappa shape index (κ3) is 5.11. The van der Waals surface area contributed by atoms with Gasteiger partial charge in [0.15, 0.2) is 0 Å². The molecule has 6 nitrogen and oxygen atoms in total. The molecule has 0 N–H and O–H groups in total. The van der Waals surface area contributed by atoms with E-state index < -0.39 is 0 Å². The number of nitrogens with zero attached hydrogens (tertiary/aromatic N) is 3. The second-order valence-corrected chi connectivity index (χ2v) is 8.93. The van der Waals surface area contributed by atoms with Crippen LogP contribution in [-0.4, -0.2) is 65.3 Å². The average Bonchev–Trinajstić information content (AvgIpc) is 3.06. The molecule has 0 unspecified atom stereocenters. The lowest BCUT2D eigenvalue weighted by Crippen LogP contribution is -2.47. The molecular weight excluding hydrogens is 414 g/mol. The van der Waals surface area contributed by atoms with E-state index in [9.17, 15) is 9.59 Å². The van der Waals surface area contributed by atoms with Crippen molar-refractivity contribution in [2.45, 2.75) is 39.8 Å². The molecule has 33 heavy (non-hydrogen) atoms. The molecule has 0 atom stereocenters. The minimum atomic E-state index is -0.193. The fourth-order valence-corrected chi connectivity index (χ4v) is 4.49. The Balaban J connectivity index is 1.56. The lowest BCUT2D eigenvalue weighted by Gasteiger charge is -2.36. The summed E-state index contributed by atoms with van der Waals surface area (Å²) in [5, 5.41) is 0. The molecule has 2 aliphatic rings. The molecule has 0 aliphatic carbocycles. The van der Waals surface area contributed by atoms with Gasteiger partial charge in [0.05, 0.1) is 11.7 Å². The molecular formula is C27H33N3O3. The van der Waals surface area contributed by atoms with Gasteiger partial charge in [-0.05, 0) is 43.5 Å². The summed E-state index contributed by atoms with van der Waals surface area (Å²) in [6.07, 6.45) is 0.817. The van der Waals surface area contributed by atoms with E-state index in [2.05, 4.69) is 34.1 Å². The lowest BCUT2D eigenvalue weighted by molar-refractivity contribution is -0.137. The third-order valence-corrected chi connectivity index (χ3v) is 6.04. The Morgan fingerprint density at radius 1 is 0.879 bits per heavy atom. The molecule has 1 fully saturated rings. The molecule has 4 rings (SSSR count). The normalized spacial score (nSPS) is 17.5. The number of piperazine rings is 1. The molecule has 6 heteroatoms. The van der Waals surface area contributed by atoms with Gasteiger partial charge in [-0.2, -0.15) is 0 Å². The topological polar surface area (TPSA) is 53.1 Å². The molecule has 0 radical (unpaired) electrons. The van der Waals surface area contributed by atoms with Crippen LogP contribution in [0.5, 0.6) is 5.75 Å². The van der Waals surface area contributed by atoms with Crippen LogP contribution >= 0.6 is 0 Å². The molecule has 2 amide bonds. The minimum absolute atomic E-state index is 0.0764. The zero-order valence-electron chi connectivity index (χ0n) is 19.8. The molecule has 2 aliphatic heterocycles. The van der Waals surface area contributed by atoms with Crippen molar-refractivity contribution in [3.05, 3.63) is 71.4 Å². The van der Waals surface area contributed by atoms with Crippen LogP contribution in [0.15, 0.2) is 60.3 Å². The van der Waals surface area contributed by atoms with Gasteiger partial charge in [0, 0.05) is 39.3 Å². The average molecular weight is 448 g/mol. The van der Waals surface area contributed by atoms with Gasteiger partial charge in [-0.3, -0.25) is 19.4 Å². The summed E-state index contributed by atoms with van der Waals surface area (Å²) >= 11 is 0. The second kappa shape index (κ2) is 10.2. The van der Waals surface area contributed by atoms with Gasteiger partial charge in [0.1, 0.15) is 11.4 Å². The van der Waals surface area contributed by atoms with Crippen molar-refractivity contribution in [3.8, 4) is 5.75 Å². The number of carbonyl (C=O) groups excluding carboxylic acids is 2. The van der Waals surface area contributed by atoms with E-state index in [0.717, 1.165) is 50.5 Å². The predicted octanol–water partition coefficient (Wildman–Crippen LogP) is 3.78. The Bertz CT molecular complexity index is 1010. The number of hydrogen-bond acceptors (Lipinski definition) is 5. The summed E-state index contributed by atoms with van der Waals surface area (Å²) in [7, 11) is 0. The van der Waals surface area contributed by atoms with Gasteiger partial charge in [-0.15, -0.1) is 0 Å². The molecule has 2 heterocycles. The smallest absolute Gasteiger partial charge is 0.277 e. The third-order valence-electron chi connectivity index (χ3n) is 6.04. The van der Waals surface area contributed by atoms with Crippen molar-refractivity contribution in [1.82, 2.24) is 14.7 Å². The molecule has 0 bridgehead atoms. The van der Waals surface area contributed by atoms with Crippen LogP contribution in [0.3, 0.4) is 0 Å². The van der Waals surface area contributed by atoms with Crippen LogP contribution in [0.4, 0.5) is 0 Å². The highest BCUT2D eigenvalue weighted by atomic mass is 16.5. The maximum absolute atomic E-state index is 13.3. The van der Waals surface area contributed by atoms with Gasteiger partial charge >= 0.3 is 0 Å². The summed E-state index contributed by atoms with van der Waals surface area (Å²) in [5.41, 5.74) is 3.12. The standard InChI is InChI=1S/C27H33N3O3/c1-4-14-30-26(31)24(22-10-12-23(13-11-22)33-20(2)3)25(27(30)32)29-17-15-28(16-18-29)19-21-8-6-5-7-9-21/h5-13,20H,4,14-19H2,1-3H3. The number of amides is 2. The van der Waals surface area contributed by atoms with E-state index in [1.54, 1.807) is 0 Å². The number of hydrogen-bond donors (Lipinski definition) is 0. The van der Waals surface area contributed by atoms with E-state index in [0.29, 0.717) is 17.8 Å². The lowest BCUT2D eigenvalue weighted by atomic mass is 10.0. The van der Waals surface area contributed by atoms with Crippen LogP contribution in [0.1, 0.15) is 38.3 Å². The highest BCUT2D eigenvalue weighted by molar-refractivity contribution is 6.35. The first-order valence-corrected chi connectivity index (χ1v) is 11.9. The number of benzene rings is 2. The Labute approximate surface area is 196 Å². The van der Waals surface area contributed by atoms with E-state index in [1.165, 1.54) is 10.5 Å². The zero-order chi connectivity index (χ0) is 23.4. The summed E-state index contributed by atoms with van der Waals surface area (Å²) in [4.78, 5) is 32.6. The zero-order valence-corrected chi connectivity index (χ0v) is 19.8. The molecule has 0 aromatic heterocycles. The van der Waals surface area contributed by atoms with Crippen LogP contribution < -0.4 is 4.74 Å². The number of ether oxygens (including phenoxy) is 1. The van der Waals surface area contributed by atoms with E-state index in [4.69, 9.17) is 4.74 Å². The highest BCUT2D eigenvalue weighted by Crippen LogP contribution is 2.33. The Hall–Kier alpha value is -3.12. The van der Waals surface area contributed by atoms with E-state index in [1.807, 2.05) is 51.1 Å². The number of carbonyl (C=O) groups is 2. The number of imide groups is 1. The highest BCUT2D eigenvalue weighted by Gasteiger charge is 2.41. The van der Waals surface area contributed by atoms with Gasteiger partial charge in [-0.25, -0.2) is 0 Å². The summed E-state index contributed by atoms with van der Waals surface area (Å²) < 4.78 is 5.75. The van der Waals surface area contributed by atoms with Crippen LogP contribution in [-0.2, 0) is 16.1 Å². The minimum Gasteiger partial charge on any atom is -0.491 e. The maximum atomic E-state index is 13.3. The van der Waals surface area contributed by atoms with Crippen LogP contribution in [0, 0.1) is 0 Å². The summed E-state index contributed by atoms with van der Waals surface area (Å²) in [5.74, 6) is 0.393. The first kappa shape index (κ1) is 23.1. The first-order chi connectivity index (χ1) is 16.0. The summed E-state index contributed by atoms with van der Waals surface area (Å²) in [6.45, 7) is 10.4. The monoisotopic (exact) mass is 447 g/mol.